The van der Waals surface area contributed by atoms with Crippen LogP contribution in [0.5, 0.6) is 5.75 Å². The van der Waals surface area contributed by atoms with Crippen molar-refractivity contribution in [2.24, 2.45) is 0 Å². The molecule has 0 radical (unpaired) electrons. The summed E-state index contributed by atoms with van der Waals surface area (Å²) in [5, 5.41) is 0. The van der Waals surface area contributed by atoms with Crippen molar-refractivity contribution in [2.45, 2.75) is 25.7 Å². The van der Waals surface area contributed by atoms with Gasteiger partial charge in [-0.2, -0.15) is 13.2 Å². The van der Waals surface area contributed by atoms with Crippen LogP contribution >= 0.6 is 15.9 Å². The predicted molar refractivity (Wildman–Crippen MR) is 76.4 cm³/mol. The summed E-state index contributed by atoms with van der Waals surface area (Å²) in [6, 6.07) is 5.04. The molecular weight excluding hydrogens is 351 g/mol. The van der Waals surface area contributed by atoms with E-state index in [1.807, 2.05) is 6.92 Å². The summed E-state index contributed by atoms with van der Waals surface area (Å²) in [6.45, 7) is 3.39. The number of rotatable bonds is 4. The molecule has 0 aliphatic carbocycles. The Kier molecular flexibility index (Phi) is 5.51. The number of hydrogen-bond acceptors (Lipinski definition) is 3. The number of benzene rings is 1. The van der Waals surface area contributed by atoms with Crippen LogP contribution in [-0.2, 0) is 11.3 Å². The zero-order chi connectivity index (χ0) is 15.5. The van der Waals surface area contributed by atoms with Crippen molar-refractivity contribution in [1.29, 1.82) is 0 Å². The van der Waals surface area contributed by atoms with E-state index in [0.29, 0.717) is 13.2 Å². The zero-order valence-corrected chi connectivity index (χ0v) is 13.2. The predicted octanol–water partition coefficient (Wildman–Crippen LogP) is 3.61. The third-order valence-corrected chi connectivity index (χ3v) is 3.63. The molecule has 3 nitrogen and oxygen atoms in total. The fraction of sp³-hybridized carbons (Fsp3) is 0.571. The third-order valence-electron chi connectivity index (χ3n) is 3.13. The Labute approximate surface area is 130 Å². The van der Waals surface area contributed by atoms with E-state index in [0.717, 1.165) is 23.1 Å². The summed E-state index contributed by atoms with van der Waals surface area (Å²) in [6.07, 6.45) is -4.21. The second kappa shape index (κ2) is 6.98. The van der Waals surface area contributed by atoms with Gasteiger partial charge in [-0.3, -0.25) is 4.90 Å². The van der Waals surface area contributed by atoms with Crippen LogP contribution in [0.25, 0.3) is 0 Å². The molecule has 1 saturated heterocycles. The molecule has 1 atom stereocenters. The monoisotopic (exact) mass is 367 g/mol. The van der Waals surface area contributed by atoms with Gasteiger partial charge >= 0.3 is 6.18 Å². The second-order valence-electron chi connectivity index (χ2n) is 5.07. The van der Waals surface area contributed by atoms with Crippen LogP contribution in [0.2, 0.25) is 0 Å². The molecule has 0 spiro atoms. The summed E-state index contributed by atoms with van der Waals surface area (Å²) in [4.78, 5) is 2.15. The van der Waals surface area contributed by atoms with Crippen molar-refractivity contribution in [3.8, 4) is 5.75 Å². The normalized spacial score (nSPS) is 20.5. The lowest BCUT2D eigenvalue weighted by Gasteiger charge is -2.31. The van der Waals surface area contributed by atoms with Crippen molar-refractivity contribution >= 4 is 15.9 Å². The number of nitrogens with zero attached hydrogens (tertiary/aromatic N) is 1. The number of alkyl halides is 3. The van der Waals surface area contributed by atoms with Crippen LogP contribution in [-0.4, -0.2) is 43.5 Å². The van der Waals surface area contributed by atoms with Gasteiger partial charge in [0.05, 0.1) is 12.7 Å². The van der Waals surface area contributed by atoms with Gasteiger partial charge in [0, 0.05) is 29.7 Å². The molecule has 0 bridgehead atoms. The van der Waals surface area contributed by atoms with Crippen LogP contribution in [0.1, 0.15) is 12.5 Å². The molecule has 118 valence electrons. The van der Waals surface area contributed by atoms with Crippen LogP contribution in [0.3, 0.4) is 0 Å². The van der Waals surface area contributed by atoms with Crippen LogP contribution in [0.4, 0.5) is 13.2 Å². The van der Waals surface area contributed by atoms with E-state index in [2.05, 4.69) is 20.8 Å². The first-order valence-electron chi connectivity index (χ1n) is 6.65. The van der Waals surface area contributed by atoms with E-state index < -0.39 is 12.8 Å². The molecule has 7 heteroatoms. The standard InChI is InChI=1S/C14H17BrF3NO2/c1-10-7-19(4-5-20-10)8-11-6-12(15)2-3-13(11)21-9-14(16,17)18/h2-3,6,10H,4-5,7-9H2,1H3. The van der Waals surface area contributed by atoms with E-state index in [1.54, 1.807) is 18.2 Å². The highest BCUT2D eigenvalue weighted by Crippen LogP contribution is 2.27. The minimum Gasteiger partial charge on any atom is -0.484 e. The molecule has 0 amide bonds. The van der Waals surface area contributed by atoms with Gasteiger partial charge in [0.2, 0.25) is 0 Å². The fourth-order valence-electron chi connectivity index (χ4n) is 2.25. The SMILES string of the molecule is CC1CN(Cc2cc(Br)ccc2OCC(F)(F)F)CCO1. The van der Waals surface area contributed by atoms with Gasteiger partial charge in [-0.05, 0) is 25.1 Å². The number of morpholine rings is 1. The fourth-order valence-corrected chi connectivity index (χ4v) is 2.66. The Morgan fingerprint density at radius 2 is 2.19 bits per heavy atom. The van der Waals surface area contributed by atoms with Crippen LogP contribution < -0.4 is 4.74 Å². The highest BCUT2D eigenvalue weighted by Gasteiger charge is 2.29. The van der Waals surface area contributed by atoms with Gasteiger partial charge < -0.3 is 9.47 Å². The van der Waals surface area contributed by atoms with Crippen molar-refractivity contribution in [3.63, 3.8) is 0 Å². The van der Waals surface area contributed by atoms with Gasteiger partial charge in [-0.1, -0.05) is 15.9 Å². The number of hydrogen-bond donors (Lipinski definition) is 0. The zero-order valence-electron chi connectivity index (χ0n) is 11.6. The molecule has 1 aromatic rings. The minimum atomic E-state index is -4.34. The van der Waals surface area contributed by atoms with E-state index in [4.69, 9.17) is 9.47 Å². The highest BCUT2D eigenvalue weighted by molar-refractivity contribution is 9.10. The first-order valence-corrected chi connectivity index (χ1v) is 7.45. The lowest BCUT2D eigenvalue weighted by Crippen LogP contribution is -2.40. The van der Waals surface area contributed by atoms with Crippen LogP contribution in [0, 0.1) is 0 Å². The van der Waals surface area contributed by atoms with Crippen molar-refractivity contribution < 1.29 is 22.6 Å². The number of halogens is 4. The maximum absolute atomic E-state index is 12.3. The lowest BCUT2D eigenvalue weighted by atomic mass is 10.1. The summed E-state index contributed by atoms with van der Waals surface area (Å²) < 4.78 is 48.1. The molecule has 0 saturated carbocycles. The summed E-state index contributed by atoms with van der Waals surface area (Å²) >= 11 is 3.34. The molecule has 2 rings (SSSR count). The first kappa shape index (κ1) is 16.6. The first-order chi connectivity index (χ1) is 9.83. The lowest BCUT2D eigenvalue weighted by molar-refractivity contribution is -0.153. The van der Waals surface area contributed by atoms with Gasteiger partial charge in [0.1, 0.15) is 5.75 Å². The Morgan fingerprint density at radius 3 is 2.86 bits per heavy atom. The minimum absolute atomic E-state index is 0.130. The van der Waals surface area contributed by atoms with E-state index >= 15 is 0 Å². The molecule has 1 heterocycles. The highest BCUT2D eigenvalue weighted by atomic mass is 79.9. The Bertz CT molecular complexity index is 482. The van der Waals surface area contributed by atoms with Gasteiger partial charge in [0.25, 0.3) is 0 Å². The molecule has 1 aliphatic rings. The Morgan fingerprint density at radius 1 is 1.43 bits per heavy atom. The molecule has 1 aromatic carbocycles. The molecule has 0 N–H and O–H groups in total. The molecular formula is C14H17BrF3NO2. The molecule has 1 fully saturated rings. The summed E-state index contributed by atoms with van der Waals surface area (Å²) in [5.41, 5.74) is 0.739. The average Bonchev–Trinajstić information content (AvgIpc) is 2.36. The van der Waals surface area contributed by atoms with Crippen LogP contribution in [0.15, 0.2) is 22.7 Å². The van der Waals surface area contributed by atoms with Crippen molar-refractivity contribution in [1.82, 2.24) is 4.90 Å². The Hall–Kier alpha value is -0.790. The largest absolute Gasteiger partial charge is 0.484 e. The van der Waals surface area contributed by atoms with E-state index in [-0.39, 0.29) is 11.9 Å². The Balaban J connectivity index is 2.07. The number of ether oxygens (including phenoxy) is 2. The maximum Gasteiger partial charge on any atom is 0.422 e. The second-order valence-corrected chi connectivity index (χ2v) is 5.99. The van der Waals surface area contributed by atoms with Crippen molar-refractivity contribution in [2.75, 3.05) is 26.3 Å². The molecule has 1 unspecified atom stereocenters. The molecule has 0 aromatic heterocycles. The van der Waals surface area contributed by atoms with Gasteiger partial charge in [-0.25, -0.2) is 0 Å². The summed E-state index contributed by atoms with van der Waals surface area (Å²) in [5.74, 6) is 0.273. The van der Waals surface area contributed by atoms with Gasteiger partial charge in [0.15, 0.2) is 6.61 Å². The van der Waals surface area contributed by atoms with E-state index in [9.17, 15) is 13.2 Å². The quantitative estimate of drug-likeness (QED) is 0.811. The van der Waals surface area contributed by atoms with Gasteiger partial charge in [-0.15, -0.1) is 0 Å². The van der Waals surface area contributed by atoms with E-state index in [1.165, 1.54) is 0 Å². The maximum atomic E-state index is 12.3. The smallest absolute Gasteiger partial charge is 0.422 e. The average molecular weight is 368 g/mol. The van der Waals surface area contributed by atoms with Crippen molar-refractivity contribution in [3.05, 3.63) is 28.2 Å². The third kappa shape index (κ3) is 5.48. The molecule has 21 heavy (non-hydrogen) atoms. The summed E-state index contributed by atoms with van der Waals surface area (Å²) in [7, 11) is 0. The topological polar surface area (TPSA) is 21.7 Å². The molecule has 1 aliphatic heterocycles.